The number of hydrogen-bond acceptors (Lipinski definition) is 3. The molecule has 0 fully saturated rings. The van der Waals surface area contributed by atoms with Gasteiger partial charge < -0.3 is 18.8 Å². The van der Waals surface area contributed by atoms with Gasteiger partial charge in [-0.25, -0.2) is 0 Å². The molecule has 0 aliphatic carbocycles. The molecule has 0 atom stereocenters. The minimum atomic E-state index is -3.63. The van der Waals surface area contributed by atoms with Crippen LogP contribution in [0.1, 0.15) is 0 Å². The van der Waals surface area contributed by atoms with Crippen molar-refractivity contribution in [2.75, 3.05) is 0 Å². The SMILES string of the molecule is O=[Si]([O-])[O-].[F-].[La+3].[Na+]. The second-order valence-electron chi connectivity index (χ2n) is 0.250. The van der Waals surface area contributed by atoms with Crippen molar-refractivity contribution in [3.05, 3.63) is 0 Å². The predicted molar refractivity (Wildman–Crippen MR) is 6.44 cm³/mol. The molecule has 0 heterocycles. The summed E-state index contributed by atoms with van der Waals surface area (Å²) in [5.74, 6) is 0. The van der Waals surface area contributed by atoms with Gasteiger partial charge in [-0.2, -0.15) is 0 Å². The smallest absolute Gasteiger partial charge is 1.00 e. The molecule has 0 unspecified atom stereocenters. The van der Waals surface area contributed by atoms with Crippen molar-refractivity contribution in [1.29, 1.82) is 0 Å². The van der Waals surface area contributed by atoms with Gasteiger partial charge in [0.15, 0.2) is 0 Å². The fourth-order valence-corrected chi connectivity index (χ4v) is 0. The Morgan fingerprint density at radius 3 is 1.29 bits per heavy atom. The Labute approximate surface area is 91.7 Å². The first kappa shape index (κ1) is 23.3. The van der Waals surface area contributed by atoms with Gasteiger partial charge in [0.25, 0.3) is 0 Å². The molecule has 0 aliphatic rings. The van der Waals surface area contributed by atoms with E-state index in [1.54, 1.807) is 0 Å². The summed E-state index contributed by atoms with van der Waals surface area (Å²) in [6.07, 6.45) is 0. The van der Waals surface area contributed by atoms with Crippen LogP contribution in [0.15, 0.2) is 0 Å². The van der Waals surface area contributed by atoms with Crippen LogP contribution in [0.5, 0.6) is 0 Å². The molecule has 0 spiro atoms. The molecule has 3 nitrogen and oxygen atoms in total. The third-order valence-electron chi connectivity index (χ3n) is 0. The molecule has 0 rings (SSSR count). The van der Waals surface area contributed by atoms with E-state index < -0.39 is 9.17 Å². The van der Waals surface area contributed by atoms with E-state index in [0.717, 1.165) is 0 Å². The predicted octanol–water partition coefficient (Wildman–Crippen LogP) is -8.87. The Hall–Kier alpha value is 1.74. The Morgan fingerprint density at radius 2 is 1.29 bits per heavy atom. The topological polar surface area (TPSA) is 63.2 Å². The van der Waals surface area contributed by atoms with Crippen LogP contribution in [0, 0.1) is 35.6 Å². The van der Waals surface area contributed by atoms with E-state index in [1.807, 2.05) is 0 Å². The minimum Gasteiger partial charge on any atom is -1.00 e. The van der Waals surface area contributed by atoms with Gasteiger partial charge in [0, 0.05) is 9.17 Å². The standard InChI is InChI=1S/FH.La.Na.O3Si/c;;;1-4(2)3/h1H;;;/q;+3;+1;-2/p-1. The summed E-state index contributed by atoms with van der Waals surface area (Å²) in [4.78, 5) is 17.0. The summed E-state index contributed by atoms with van der Waals surface area (Å²) < 4.78 is 8.52. The Kier molecular flexibility index (Phi) is 52.1. The largest absolute Gasteiger partial charge is 3.00 e. The van der Waals surface area contributed by atoms with Crippen molar-refractivity contribution < 1.29 is 83.9 Å². The maximum atomic E-state index is 8.52. The van der Waals surface area contributed by atoms with E-state index in [4.69, 9.17) is 14.1 Å². The molecule has 0 bridgehead atoms. The summed E-state index contributed by atoms with van der Waals surface area (Å²) >= 11 is 0. The first-order valence-electron chi connectivity index (χ1n) is 0.612. The molecule has 0 saturated carbocycles. The van der Waals surface area contributed by atoms with Gasteiger partial charge >= 0.3 is 65.2 Å². The van der Waals surface area contributed by atoms with E-state index in [2.05, 4.69) is 0 Å². The molecule has 0 aromatic carbocycles. The summed E-state index contributed by atoms with van der Waals surface area (Å²) in [5, 5.41) is 0. The van der Waals surface area contributed by atoms with E-state index in [1.165, 1.54) is 0 Å². The molecule has 0 saturated heterocycles. The fourth-order valence-electron chi connectivity index (χ4n) is 0. The molecular formula is FLaNaO3Si+. The van der Waals surface area contributed by atoms with Gasteiger partial charge in [0.1, 0.15) is 0 Å². The van der Waals surface area contributed by atoms with Gasteiger partial charge in [-0.15, -0.1) is 0 Å². The zero-order valence-corrected chi connectivity index (χ0v) is 10.3. The van der Waals surface area contributed by atoms with Crippen molar-refractivity contribution in [3.8, 4) is 0 Å². The van der Waals surface area contributed by atoms with Crippen LogP contribution in [0.2, 0.25) is 0 Å². The van der Waals surface area contributed by atoms with Gasteiger partial charge in [0.2, 0.25) is 0 Å². The van der Waals surface area contributed by atoms with Gasteiger partial charge in [-0.3, -0.25) is 0 Å². The quantitative estimate of drug-likeness (QED) is 0.405. The first-order valence-corrected chi connectivity index (χ1v) is 1.84. The molecule has 0 N–H and O–H groups in total. The molecular weight excluding hydrogens is 257 g/mol. The zero-order valence-electron chi connectivity index (χ0n) is 3.68. The first-order chi connectivity index (χ1) is 1.73. The number of halogens is 1. The van der Waals surface area contributed by atoms with Crippen LogP contribution in [-0.4, -0.2) is 9.17 Å². The van der Waals surface area contributed by atoms with Crippen molar-refractivity contribution >= 4 is 9.17 Å². The molecule has 32 valence electrons. The van der Waals surface area contributed by atoms with E-state index in [9.17, 15) is 0 Å². The van der Waals surface area contributed by atoms with Crippen LogP contribution < -0.4 is 43.9 Å². The molecule has 0 radical (unpaired) electrons. The summed E-state index contributed by atoms with van der Waals surface area (Å²) in [6.45, 7) is 0. The second-order valence-corrected chi connectivity index (χ2v) is 0.750. The third kappa shape index (κ3) is 84.1. The van der Waals surface area contributed by atoms with Gasteiger partial charge in [-0.05, 0) is 0 Å². The third-order valence-corrected chi connectivity index (χ3v) is 0. The number of hydrogen-bond donors (Lipinski definition) is 0. The Morgan fingerprint density at radius 1 is 1.29 bits per heavy atom. The average molecular weight is 257 g/mol. The van der Waals surface area contributed by atoms with Crippen LogP contribution in [0.25, 0.3) is 0 Å². The molecule has 0 aromatic rings. The second kappa shape index (κ2) is 15.6. The van der Waals surface area contributed by atoms with Gasteiger partial charge in [-0.1, -0.05) is 0 Å². The van der Waals surface area contributed by atoms with E-state index in [0.29, 0.717) is 0 Å². The van der Waals surface area contributed by atoms with Crippen LogP contribution in [0.3, 0.4) is 0 Å². The minimum absolute atomic E-state index is 0. The van der Waals surface area contributed by atoms with Crippen LogP contribution in [0.4, 0.5) is 0 Å². The molecule has 0 amide bonds. The maximum absolute atomic E-state index is 8.52. The van der Waals surface area contributed by atoms with Crippen molar-refractivity contribution in [3.63, 3.8) is 0 Å². The molecule has 7 heteroatoms. The summed E-state index contributed by atoms with van der Waals surface area (Å²) in [5.41, 5.74) is 0. The summed E-state index contributed by atoms with van der Waals surface area (Å²) in [6, 6.07) is 0. The molecule has 0 aromatic heterocycles. The molecule has 0 aliphatic heterocycles. The Balaban J connectivity index is -0.0000000150. The van der Waals surface area contributed by atoms with Crippen LogP contribution >= 0.6 is 0 Å². The average Bonchev–Trinajstić information content (AvgIpc) is 0.811. The van der Waals surface area contributed by atoms with Gasteiger partial charge in [0.05, 0.1) is 0 Å². The molecule has 7 heavy (non-hydrogen) atoms. The van der Waals surface area contributed by atoms with E-state index >= 15 is 0 Å². The summed E-state index contributed by atoms with van der Waals surface area (Å²) in [7, 11) is -3.63. The zero-order chi connectivity index (χ0) is 3.58. The van der Waals surface area contributed by atoms with Crippen molar-refractivity contribution in [2.24, 2.45) is 0 Å². The van der Waals surface area contributed by atoms with E-state index in [-0.39, 0.29) is 69.9 Å². The normalized spacial score (nSPS) is 3.43. The van der Waals surface area contributed by atoms with Crippen LogP contribution in [-0.2, 0) is 4.46 Å². The monoisotopic (exact) mass is 257 g/mol. The maximum Gasteiger partial charge on any atom is 3.00 e. The number of rotatable bonds is 0. The fraction of sp³-hybridized carbons (Fsp3) is 0. The van der Waals surface area contributed by atoms with Crippen molar-refractivity contribution in [2.45, 2.75) is 0 Å². The Bertz CT molecular complexity index is 37.9. The van der Waals surface area contributed by atoms with Crippen molar-refractivity contribution in [1.82, 2.24) is 0 Å².